The van der Waals surface area contributed by atoms with E-state index in [9.17, 15) is 4.79 Å². The van der Waals surface area contributed by atoms with Gasteiger partial charge in [0.15, 0.2) is 0 Å². The molecular formula is C16H27N3O. The van der Waals surface area contributed by atoms with Crippen molar-refractivity contribution in [3.05, 3.63) is 23.8 Å². The lowest BCUT2D eigenvalue weighted by atomic mass is 9.85. The van der Waals surface area contributed by atoms with Crippen LogP contribution in [0.15, 0.2) is 18.2 Å². The van der Waals surface area contributed by atoms with E-state index in [0.717, 1.165) is 12.2 Å². The molecule has 0 saturated heterocycles. The number of hydrogen-bond acceptors (Lipinski definition) is 3. The first-order valence-electron chi connectivity index (χ1n) is 7.22. The van der Waals surface area contributed by atoms with E-state index in [1.807, 2.05) is 6.07 Å². The second-order valence-electron chi connectivity index (χ2n) is 5.92. The third-order valence-corrected chi connectivity index (χ3v) is 3.76. The van der Waals surface area contributed by atoms with E-state index < -0.39 is 0 Å². The second-order valence-corrected chi connectivity index (χ2v) is 5.92. The van der Waals surface area contributed by atoms with Gasteiger partial charge in [-0.2, -0.15) is 0 Å². The molecule has 20 heavy (non-hydrogen) atoms. The first-order chi connectivity index (χ1) is 9.36. The van der Waals surface area contributed by atoms with Crippen molar-refractivity contribution in [3.8, 4) is 0 Å². The predicted octanol–water partition coefficient (Wildman–Crippen LogP) is 2.97. The number of nitrogens with one attached hydrogen (secondary N) is 2. The van der Waals surface area contributed by atoms with E-state index in [1.165, 1.54) is 0 Å². The molecule has 4 heteroatoms. The third-order valence-electron chi connectivity index (χ3n) is 3.76. The predicted molar refractivity (Wildman–Crippen MR) is 85.9 cm³/mol. The minimum absolute atomic E-state index is 0.0989. The summed E-state index contributed by atoms with van der Waals surface area (Å²) in [5.74, 6) is 1.63. The SMILES string of the molecule is CNC(=O)c1ccc(N)cc1NCC(C(C)C)C(C)C. The summed E-state index contributed by atoms with van der Waals surface area (Å²) in [6, 6.07) is 5.33. The van der Waals surface area contributed by atoms with Gasteiger partial charge in [0, 0.05) is 25.0 Å². The molecule has 0 aliphatic heterocycles. The summed E-state index contributed by atoms with van der Waals surface area (Å²) in [5, 5.41) is 6.05. The Labute approximate surface area is 122 Å². The number of benzene rings is 1. The molecule has 0 spiro atoms. The van der Waals surface area contributed by atoms with Crippen molar-refractivity contribution in [2.24, 2.45) is 17.8 Å². The van der Waals surface area contributed by atoms with Gasteiger partial charge in [-0.15, -0.1) is 0 Å². The highest BCUT2D eigenvalue weighted by molar-refractivity contribution is 6.00. The highest BCUT2D eigenvalue weighted by atomic mass is 16.1. The van der Waals surface area contributed by atoms with Gasteiger partial charge in [0.1, 0.15) is 0 Å². The Morgan fingerprint density at radius 3 is 2.30 bits per heavy atom. The van der Waals surface area contributed by atoms with Gasteiger partial charge in [-0.1, -0.05) is 27.7 Å². The zero-order valence-electron chi connectivity index (χ0n) is 13.2. The van der Waals surface area contributed by atoms with Gasteiger partial charge < -0.3 is 16.4 Å². The Bertz CT molecular complexity index is 447. The fourth-order valence-electron chi connectivity index (χ4n) is 2.51. The molecule has 0 saturated carbocycles. The van der Waals surface area contributed by atoms with Crippen LogP contribution in [0.25, 0.3) is 0 Å². The van der Waals surface area contributed by atoms with E-state index >= 15 is 0 Å². The van der Waals surface area contributed by atoms with Crippen molar-refractivity contribution in [2.45, 2.75) is 27.7 Å². The Kier molecular flexibility index (Phi) is 5.86. The van der Waals surface area contributed by atoms with Crippen molar-refractivity contribution < 1.29 is 4.79 Å². The van der Waals surface area contributed by atoms with Crippen molar-refractivity contribution >= 4 is 17.3 Å². The molecule has 0 aliphatic carbocycles. The molecule has 0 radical (unpaired) electrons. The van der Waals surface area contributed by atoms with Crippen molar-refractivity contribution in [3.63, 3.8) is 0 Å². The average Bonchev–Trinajstić information content (AvgIpc) is 2.37. The molecule has 4 nitrogen and oxygen atoms in total. The fraction of sp³-hybridized carbons (Fsp3) is 0.562. The van der Waals surface area contributed by atoms with Gasteiger partial charge in [0.25, 0.3) is 5.91 Å². The van der Waals surface area contributed by atoms with Crippen LogP contribution in [0.1, 0.15) is 38.1 Å². The largest absolute Gasteiger partial charge is 0.399 e. The summed E-state index contributed by atoms with van der Waals surface area (Å²) >= 11 is 0. The molecule has 1 amide bonds. The van der Waals surface area contributed by atoms with Crippen LogP contribution in [-0.4, -0.2) is 19.5 Å². The average molecular weight is 277 g/mol. The molecule has 0 aliphatic rings. The third kappa shape index (κ3) is 4.15. The normalized spacial score (nSPS) is 11.2. The molecule has 0 atom stereocenters. The number of rotatable bonds is 6. The van der Waals surface area contributed by atoms with Gasteiger partial charge in [-0.25, -0.2) is 0 Å². The minimum atomic E-state index is -0.0989. The van der Waals surface area contributed by atoms with Gasteiger partial charge in [0.05, 0.1) is 5.56 Å². The van der Waals surface area contributed by atoms with E-state index in [4.69, 9.17) is 5.73 Å². The lowest BCUT2D eigenvalue weighted by Crippen LogP contribution is -2.26. The summed E-state index contributed by atoms with van der Waals surface area (Å²) in [4.78, 5) is 11.9. The number of carbonyl (C=O) groups excluding carboxylic acids is 1. The van der Waals surface area contributed by atoms with Crippen LogP contribution in [0.4, 0.5) is 11.4 Å². The van der Waals surface area contributed by atoms with Crippen molar-refractivity contribution in [1.29, 1.82) is 0 Å². The van der Waals surface area contributed by atoms with E-state index in [0.29, 0.717) is 29.0 Å². The van der Waals surface area contributed by atoms with Crippen LogP contribution < -0.4 is 16.4 Å². The molecule has 4 N–H and O–H groups in total. The highest BCUT2D eigenvalue weighted by Gasteiger charge is 2.18. The van der Waals surface area contributed by atoms with Crippen LogP contribution >= 0.6 is 0 Å². The monoisotopic (exact) mass is 277 g/mol. The quantitative estimate of drug-likeness (QED) is 0.700. The molecule has 0 aromatic heterocycles. The molecule has 112 valence electrons. The molecule has 1 aromatic carbocycles. The number of carbonyl (C=O) groups is 1. The second kappa shape index (κ2) is 7.17. The topological polar surface area (TPSA) is 67.2 Å². The van der Waals surface area contributed by atoms with E-state index in [-0.39, 0.29) is 5.91 Å². The highest BCUT2D eigenvalue weighted by Crippen LogP contribution is 2.24. The molecule has 1 rings (SSSR count). The van der Waals surface area contributed by atoms with Gasteiger partial charge in [-0.3, -0.25) is 4.79 Å². The molecular weight excluding hydrogens is 250 g/mol. The van der Waals surface area contributed by atoms with Gasteiger partial charge >= 0.3 is 0 Å². The van der Waals surface area contributed by atoms with Crippen LogP contribution in [0.3, 0.4) is 0 Å². The number of hydrogen-bond donors (Lipinski definition) is 3. The van der Waals surface area contributed by atoms with Crippen molar-refractivity contribution in [2.75, 3.05) is 24.6 Å². The molecule has 0 fully saturated rings. The van der Waals surface area contributed by atoms with Crippen LogP contribution in [-0.2, 0) is 0 Å². The summed E-state index contributed by atoms with van der Waals surface area (Å²) in [7, 11) is 1.63. The maximum atomic E-state index is 11.9. The fourth-order valence-corrected chi connectivity index (χ4v) is 2.51. The molecule has 0 bridgehead atoms. The Hall–Kier alpha value is -1.71. The maximum Gasteiger partial charge on any atom is 0.253 e. The lowest BCUT2D eigenvalue weighted by molar-refractivity contribution is 0.0964. The maximum absolute atomic E-state index is 11.9. The Morgan fingerprint density at radius 2 is 1.80 bits per heavy atom. The summed E-state index contributed by atoms with van der Waals surface area (Å²) in [5.41, 5.74) is 7.92. The summed E-state index contributed by atoms with van der Waals surface area (Å²) in [6.07, 6.45) is 0. The van der Waals surface area contributed by atoms with Crippen LogP contribution in [0.5, 0.6) is 0 Å². The molecule has 0 unspecified atom stereocenters. The van der Waals surface area contributed by atoms with Crippen LogP contribution in [0, 0.1) is 17.8 Å². The number of amides is 1. The first-order valence-corrected chi connectivity index (χ1v) is 7.22. The minimum Gasteiger partial charge on any atom is -0.399 e. The zero-order chi connectivity index (χ0) is 15.3. The Morgan fingerprint density at radius 1 is 1.20 bits per heavy atom. The van der Waals surface area contributed by atoms with Crippen molar-refractivity contribution in [1.82, 2.24) is 5.32 Å². The number of nitrogens with two attached hydrogens (primary N) is 1. The number of anilines is 2. The number of nitrogen functional groups attached to an aromatic ring is 1. The lowest BCUT2D eigenvalue weighted by Gasteiger charge is -2.26. The first kappa shape index (κ1) is 16.3. The Balaban J connectivity index is 2.90. The summed E-state index contributed by atoms with van der Waals surface area (Å²) in [6.45, 7) is 9.75. The standard InChI is InChI=1S/C16H27N3O/c1-10(2)14(11(3)4)9-19-15-8-12(17)6-7-13(15)16(20)18-5/h6-8,10-11,14,19H,9,17H2,1-5H3,(H,18,20). The van der Waals surface area contributed by atoms with E-state index in [2.05, 4.69) is 38.3 Å². The molecule has 1 aromatic rings. The molecule has 0 heterocycles. The smallest absolute Gasteiger partial charge is 0.253 e. The van der Waals surface area contributed by atoms with E-state index in [1.54, 1.807) is 19.2 Å². The summed E-state index contributed by atoms with van der Waals surface area (Å²) < 4.78 is 0. The zero-order valence-corrected chi connectivity index (χ0v) is 13.2. The van der Waals surface area contributed by atoms with Gasteiger partial charge in [0.2, 0.25) is 0 Å². The van der Waals surface area contributed by atoms with Crippen LogP contribution in [0.2, 0.25) is 0 Å². The van der Waals surface area contributed by atoms with Gasteiger partial charge in [-0.05, 0) is 36.0 Å².